The molecule has 0 bridgehead atoms. The lowest BCUT2D eigenvalue weighted by Crippen LogP contribution is -2.25. The summed E-state index contributed by atoms with van der Waals surface area (Å²) in [7, 11) is 1.97. The standard InChI is InChI=1S/C12H16FNS/c1-8(14-2)6-9-7-10-11(13)4-3-5-12(10)15-9/h3-5,8-9,14H,6-7H2,1-2H3. The summed E-state index contributed by atoms with van der Waals surface area (Å²) in [6, 6.07) is 5.88. The average molecular weight is 225 g/mol. The molecular weight excluding hydrogens is 209 g/mol. The highest BCUT2D eigenvalue weighted by atomic mass is 32.2. The van der Waals surface area contributed by atoms with E-state index in [0.29, 0.717) is 11.3 Å². The second kappa shape index (κ2) is 4.54. The Kier molecular flexibility index (Phi) is 3.32. The van der Waals surface area contributed by atoms with E-state index in [0.717, 1.165) is 23.3 Å². The van der Waals surface area contributed by atoms with Crippen LogP contribution in [0.1, 0.15) is 18.9 Å². The van der Waals surface area contributed by atoms with Crippen molar-refractivity contribution >= 4 is 11.8 Å². The van der Waals surface area contributed by atoms with Gasteiger partial charge in [0.2, 0.25) is 0 Å². The van der Waals surface area contributed by atoms with Gasteiger partial charge in [-0.2, -0.15) is 0 Å². The van der Waals surface area contributed by atoms with Gasteiger partial charge >= 0.3 is 0 Å². The Hall–Kier alpha value is -0.540. The first-order valence-corrected chi connectivity index (χ1v) is 6.20. The molecular formula is C12H16FNS. The molecule has 1 aromatic rings. The van der Waals surface area contributed by atoms with Crippen molar-refractivity contribution in [2.24, 2.45) is 0 Å². The summed E-state index contributed by atoms with van der Waals surface area (Å²) in [6.45, 7) is 2.17. The average Bonchev–Trinajstić information content (AvgIpc) is 2.62. The zero-order chi connectivity index (χ0) is 10.8. The molecule has 1 aromatic carbocycles. The summed E-state index contributed by atoms with van der Waals surface area (Å²) >= 11 is 1.81. The van der Waals surface area contributed by atoms with Crippen molar-refractivity contribution in [3.8, 4) is 0 Å². The number of halogens is 1. The van der Waals surface area contributed by atoms with Crippen LogP contribution in [-0.2, 0) is 6.42 Å². The highest BCUT2D eigenvalue weighted by Gasteiger charge is 2.25. The van der Waals surface area contributed by atoms with E-state index in [1.165, 1.54) is 0 Å². The van der Waals surface area contributed by atoms with Gasteiger partial charge in [-0.3, -0.25) is 0 Å². The van der Waals surface area contributed by atoms with E-state index in [2.05, 4.69) is 12.2 Å². The first kappa shape index (κ1) is 11.0. The Labute approximate surface area is 94.5 Å². The number of hydrogen-bond acceptors (Lipinski definition) is 2. The fraction of sp³-hybridized carbons (Fsp3) is 0.500. The quantitative estimate of drug-likeness (QED) is 0.849. The Bertz CT molecular complexity index is 353. The molecule has 82 valence electrons. The van der Waals surface area contributed by atoms with Gasteiger partial charge in [-0.1, -0.05) is 6.07 Å². The Balaban J connectivity index is 2.06. The monoisotopic (exact) mass is 225 g/mol. The van der Waals surface area contributed by atoms with Crippen molar-refractivity contribution in [1.82, 2.24) is 5.32 Å². The second-order valence-corrected chi connectivity index (χ2v) is 5.43. The Morgan fingerprint density at radius 2 is 2.40 bits per heavy atom. The number of fused-ring (bicyclic) bond motifs is 1. The molecule has 1 heterocycles. The summed E-state index contributed by atoms with van der Waals surface area (Å²) in [4.78, 5) is 1.13. The third-order valence-corrected chi connectivity index (χ3v) is 4.24. The van der Waals surface area contributed by atoms with Crippen LogP contribution in [-0.4, -0.2) is 18.3 Å². The van der Waals surface area contributed by atoms with Crippen LogP contribution >= 0.6 is 11.8 Å². The molecule has 0 saturated carbocycles. The number of benzene rings is 1. The lowest BCUT2D eigenvalue weighted by atomic mass is 10.1. The van der Waals surface area contributed by atoms with E-state index >= 15 is 0 Å². The molecule has 1 N–H and O–H groups in total. The lowest BCUT2D eigenvalue weighted by Gasteiger charge is -2.14. The first-order valence-electron chi connectivity index (χ1n) is 5.32. The van der Waals surface area contributed by atoms with E-state index in [4.69, 9.17) is 0 Å². The SMILES string of the molecule is CNC(C)CC1Cc2c(F)cccc2S1. The molecule has 3 heteroatoms. The molecule has 1 aliphatic rings. The van der Waals surface area contributed by atoms with Crippen LogP contribution in [0.25, 0.3) is 0 Å². The van der Waals surface area contributed by atoms with Crippen LogP contribution in [0.15, 0.2) is 23.1 Å². The predicted molar refractivity (Wildman–Crippen MR) is 62.9 cm³/mol. The van der Waals surface area contributed by atoms with Crippen molar-refractivity contribution in [2.75, 3.05) is 7.05 Å². The molecule has 1 aliphatic heterocycles. The van der Waals surface area contributed by atoms with Crippen molar-refractivity contribution in [3.63, 3.8) is 0 Å². The molecule has 2 unspecified atom stereocenters. The molecule has 1 nitrogen and oxygen atoms in total. The highest BCUT2D eigenvalue weighted by molar-refractivity contribution is 8.00. The summed E-state index contributed by atoms with van der Waals surface area (Å²) < 4.78 is 13.5. The van der Waals surface area contributed by atoms with Crippen LogP contribution < -0.4 is 5.32 Å². The first-order chi connectivity index (χ1) is 7.20. The summed E-state index contributed by atoms with van der Waals surface area (Å²) in [5.74, 6) is -0.0420. The molecule has 0 amide bonds. The second-order valence-electron chi connectivity index (χ2n) is 4.09. The molecule has 0 saturated heterocycles. The van der Waals surface area contributed by atoms with Crippen LogP contribution in [0.2, 0.25) is 0 Å². The topological polar surface area (TPSA) is 12.0 Å². The van der Waals surface area contributed by atoms with Gasteiger partial charge in [0, 0.05) is 21.8 Å². The van der Waals surface area contributed by atoms with E-state index in [9.17, 15) is 4.39 Å². The molecule has 2 rings (SSSR count). The smallest absolute Gasteiger partial charge is 0.127 e. The Morgan fingerprint density at radius 1 is 1.60 bits per heavy atom. The minimum absolute atomic E-state index is 0.0420. The normalized spacial score (nSPS) is 21.4. The van der Waals surface area contributed by atoms with Gasteiger partial charge in [0.1, 0.15) is 5.82 Å². The minimum Gasteiger partial charge on any atom is -0.317 e. The fourth-order valence-electron chi connectivity index (χ4n) is 1.94. The van der Waals surface area contributed by atoms with E-state index in [-0.39, 0.29) is 5.82 Å². The van der Waals surface area contributed by atoms with E-state index in [1.54, 1.807) is 12.1 Å². The number of rotatable bonds is 3. The Morgan fingerprint density at radius 3 is 3.07 bits per heavy atom. The van der Waals surface area contributed by atoms with Crippen molar-refractivity contribution < 1.29 is 4.39 Å². The molecule has 0 radical (unpaired) electrons. The van der Waals surface area contributed by atoms with Crippen LogP contribution in [0.3, 0.4) is 0 Å². The maximum atomic E-state index is 13.5. The van der Waals surface area contributed by atoms with Gasteiger partial charge in [0.25, 0.3) is 0 Å². The number of nitrogens with one attached hydrogen (secondary N) is 1. The minimum atomic E-state index is -0.0420. The molecule has 0 aromatic heterocycles. The van der Waals surface area contributed by atoms with Crippen molar-refractivity contribution in [3.05, 3.63) is 29.6 Å². The number of thioether (sulfide) groups is 1. The molecule has 0 aliphatic carbocycles. The third kappa shape index (κ3) is 2.34. The van der Waals surface area contributed by atoms with Gasteiger partial charge in [-0.15, -0.1) is 11.8 Å². The molecule has 2 atom stereocenters. The summed E-state index contributed by atoms with van der Waals surface area (Å²) in [6.07, 6.45) is 1.97. The van der Waals surface area contributed by atoms with Crippen molar-refractivity contribution in [2.45, 2.75) is 36.0 Å². The lowest BCUT2D eigenvalue weighted by molar-refractivity contribution is 0.545. The predicted octanol–water partition coefficient (Wildman–Crippen LogP) is 2.84. The maximum Gasteiger partial charge on any atom is 0.127 e. The molecule has 0 fully saturated rings. The van der Waals surface area contributed by atoms with Gasteiger partial charge in [0.15, 0.2) is 0 Å². The van der Waals surface area contributed by atoms with Crippen LogP contribution in [0, 0.1) is 5.82 Å². The van der Waals surface area contributed by atoms with Crippen molar-refractivity contribution in [1.29, 1.82) is 0 Å². The van der Waals surface area contributed by atoms with Crippen LogP contribution in [0.4, 0.5) is 4.39 Å². The fourth-order valence-corrected chi connectivity index (χ4v) is 3.41. The summed E-state index contributed by atoms with van der Waals surface area (Å²) in [5, 5.41) is 3.75. The van der Waals surface area contributed by atoms with Gasteiger partial charge in [-0.25, -0.2) is 4.39 Å². The largest absolute Gasteiger partial charge is 0.317 e. The van der Waals surface area contributed by atoms with Gasteiger partial charge in [-0.05, 0) is 38.9 Å². The third-order valence-electron chi connectivity index (χ3n) is 2.91. The summed E-state index contributed by atoms with van der Waals surface area (Å²) in [5.41, 5.74) is 0.913. The zero-order valence-corrected chi connectivity index (χ0v) is 9.90. The number of hydrogen-bond donors (Lipinski definition) is 1. The zero-order valence-electron chi connectivity index (χ0n) is 9.09. The maximum absolute atomic E-state index is 13.5. The van der Waals surface area contributed by atoms with Crippen LogP contribution in [0.5, 0.6) is 0 Å². The molecule has 0 spiro atoms. The highest BCUT2D eigenvalue weighted by Crippen LogP contribution is 2.39. The van der Waals surface area contributed by atoms with E-state index in [1.807, 2.05) is 24.9 Å². The van der Waals surface area contributed by atoms with Gasteiger partial charge in [0.05, 0.1) is 0 Å². The van der Waals surface area contributed by atoms with Gasteiger partial charge < -0.3 is 5.32 Å². The van der Waals surface area contributed by atoms with E-state index < -0.39 is 0 Å². The molecule has 15 heavy (non-hydrogen) atoms.